The van der Waals surface area contributed by atoms with Crippen LogP contribution in [0.25, 0.3) is 0 Å². The lowest BCUT2D eigenvalue weighted by Gasteiger charge is -2.07. The Morgan fingerprint density at radius 1 is 0.571 bits per heavy atom. The van der Waals surface area contributed by atoms with E-state index in [1.54, 1.807) is 24.3 Å². The lowest BCUT2D eigenvalue weighted by molar-refractivity contribution is 0.199. The first-order valence-corrected chi connectivity index (χ1v) is 9.75. The van der Waals surface area contributed by atoms with E-state index >= 15 is 0 Å². The minimum atomic E-state index is -0.417. The Bertz CT molecular complexity index is 631. The molecule has 0 aliphatic rings. The van der Waals surface area contributed by atoms with Gasteiger partial charge in [0.25, 0.3) is 0 Å². The normalized spacial score (nSPS) is 10.1. The Hall–Kier alpha value is -3.02. The van der Waals surface area contributed by atoms with Crippen molar-refractivity contribution in [1.29, 1.82) is 0 Å². The van der Waals surface area contributed by atoms with Gasteiger partial charge in [-0.1, -0.05) is 62.1 Å². The molecule has 0 saturated heterocycles. The third kappa shape index (κ3) is 9.62. The van der Waals surface area contributed by atoms with Crippen LogP contribution in [0.2, 0.25) is 0 Å². The highest BCUT2D eigenvalue weighted by Gasteiger charge is 2.03. The van der Waals surface area contributed by atoms with Crippen molar-refractivity contribution in [3.63, 3.8) is 0 Å². The summed E-state index contributed by atoms with van der Waals surface area (Å²) in [5.41, 5.74) is 0. The molecule has 0 bridgehead atoms. The number of ether oxygens (including phenoxy) is 2. The number of benzene rings is 2. The lowest BCUT2D eigenvalue weighted by Crippen LogP contribution is -2.27. The van der Waals surface area contributed by atoms with E-state index in [1.165, 1.54) is 0 Å². The van der Waals surface area contributed by atoms with Crippen LogP contribution >= 0.6 is 0 Å². The second kappa shape index (κ2) is 13.2. The predicted molar refractivity (Wildman–Crippen MR) is 109 cm³/mol. The zero-order valence-electron chi connectivity index (χ0n) is 16.1. The van der Waals surface area contributed by atoms with Gasteiger partial charge in [-0.15, -0.1) is 0 Å². The topological polar surface area (TPSA) is 76.7 Å². The summed E-state index contributed by atoms with van der Waals surface area (Å²) in [6.07, 6.45) is 5.31. The van der Waals surface area contributed by atoms with Crippen LogP contribution in [0.15, 0.2) is 60.7 Å². The van der Waals surface area contributed by atoms with E-state index in [-0.39, 0.29) is 0 Å². The van der Waals surface area contributed by atoms with Gasteiger partial charge in [0.2, 0.25) is 0 Å². The molecule has 6 heteroatoms. The summed E-state index contributed by atoms with van der Waals surface area (Å²) in [6.45, 7) is 1.22. The number of nitrogens with one attached hydrogen (secondary N) is 2. The van der Waals surface area contributed by atoms with Gasteiger partial charge in [-0.3, -0.25) is 0 Å². The van der Waals surface area contributed by atoms with E-state index in [2.05, 4.69) is 10.6 Å². The molecule has 2 aromatic rings. The average molecular weight is 384 g/mol. The number of para-hydroxylation sites is 2. The molecular formula is C22H28N2O4. The standard InChI is InChI=1S/C22H28N2O4/c25-21(27-19-13-7-5-8-14-19)23-17-11-3-1-2-4-12-18-24-22(26)28-20-15-9-6-10-16-20/h5-10,13-16H,1-4,11-12,17-18H2,(H,23,25)(H,24,26). The molecule has 0 fully saturated rings. The summed E-state index contributed by atoms with van der Waals surface area (Å²) < 4.78 is 10.3. The maximum atomic E-state index is 11.6. The van der Waals surface area contributed by atoms with Crippen LogP contribution in [-0.4, -0.2) is 25.3 Å². The third-order valence-corrected chi connectivity index (χ3v) is 4.05. The lowest BCUT2D eigenvalue weighted by atomic mass is 10.1. The van der Waals surface area contributed by atoms with Crippen molar-refractivity contribution >= 4 is 12.2 Å². The zero-order valence-corrected chi connectivity index (χ0v) is 16.1. The highest BCUT2D eigenvalue weighted by atomic mass is 16.6. The van der Waals surface area contributed by atoms with Crippen LogP contribution in [0, 0.1) is 0 Å². The van der Waals surface area contributed by atoms with Crippen molar-refractivity contribution in [1.82, 2.24) is 10.6 Å². The van der Waals surface area contributed by atoms with E-state index in [0.29, 0.717) is 24.6 Å². The number of unbranched alkanes of at least 4 members (excludes halogenated alkanes) is 5. The first-order chi connectivity index (χ1) is 13.7. The van der Waals surface area contributed by atoms with Gasteiger partial charge in [0, 0.05) is 13.1 Å². The fourth-order valence-electron chi connectivity index (χ4n) is 2.60. The molecule has 0 aromatic heterocycles. The Kier molecular flexibility index (Phi) is 10.0. The number of carbonyl (C=O) groups excluding carboxylic acids is 2. The van der Waals surface area contributed by atoms with E-state index < -0.39 is 12.2 Å². The Morgan fingerprint density at radius 2 is 0.929 bits per heavy atom. The SMILES string of the molecule is O=C(NCCCCCCCCNC(=O)Oc1ccccc1)Oc1ccccc1. The van der Waals surface area contributed by atoms with Gasteiger partial charge in [-0.05, 0) is 37.1 Å². The maximum Gasteiger partial charge on any atom is 0.412 e. The molecule has 0 spiro atoms. The van der Waals surface area contributed by atoms with Crippen LogP contribution in [0.5, 0.6) is 11.5 Å². The fourth-order valence-corrected chi connectivity index (χ4v) is 2.60. The monoisotopic (exact) mass is 384 g/mol. The molecule has 2 aromatic carbocycles. The molecule has 2 amide bonds. The van der Waals surface area contributed by atoms with Gasteiger partial charge in [-0.2, -0.15) is 0 Å². The molecule has 0 saturated carbocycles. The molecule has 0 unspecified atom stereocenters. The van der Waals surface area contributed by atoms with Crippen molar-refractivity contribution in [2.75, 3.05) is 13.1 Å². The van der Waals surface area contributed by atoms with E-state index in [9.17, 15) is 9.59 Å². The van der Waals surface area contributed by atoms with Crippen LogP contribution in [0.4, 0.5) is 9.59 Å². The van der Waals surface area contributed by atoms with Crippen molar-refractivity contribution < 1.29 is 19.1 Å². The highest BCUT2D eigenvalue weighted by Crippen LogP contribution is 2.09. The van der Waals surface area contributed by atoms with Crippen molar-refractivity contribution in [2.24, 2.45) is 0 Å². The Morgan fingerprint density at radius 3 is 1.32 bits per heavy atom. The minimum absolute atomic E-state index is 0.417. The largest absolute Gasteiger partial charge is 0.412 e. The summed E-state index contributed by atoms with van der Waals surface area (Å²) in [7, 11) is 0. The molecule has 0 heterocycles. The smallest absolute Gasteiger partial charge is 0.410 e. The maximum absolute atomic E-state index is 11.6. The van der Waals surface area contributed by atoms with Crippen LogP contribution in [0.1, 0.15) is 38.5 Å². The Balaban J connectivity index is 1.37. The molecular weight excluding hydrogens is 356 g/mol. The summed E-state index contributed by atoms with van der Waals surface area (Å²) in [4.78, 5) is 23.2. The van der Waals surface area contributed by atoms with Gasteiger partial charge in [0.1, 0.15) is 11.5 Å². The summed E-state index contributed by atoms with van der Waals surface area (Å²) >= 11 is 0. The van der Waals surface area contributed by atoms with Gasteiger partial charge >= 0.3 is 12.2 Å². The van der Waals surface area contributed by atoms with Crippen LogP contribution in [0.3, 0.4) is 0 Å². The highest BCUT2D eigenvalue weighted by molar-refractivity contribution is 5.70. The van der Waals surface area contributed by atoms with Crippen molar-refractivity contribution in [3.05, 3.63) is 60.7 Å². The second-order valence-corrected chi connectivity index (χ2v) is 6.38. The summed E-state index contributed by atoms with van der Waals surface area (Å²) in [6, 6.07) is 18.0. The van der Waals surface area contributed by atoms with E-state index in [0.717, 1.165) is 38.5 Å². The van der Waals surface area contributed by atoms with E-state index in [1.807, 2.05) is 36.4 Å². The van der Waals surface area contributed by atoms with E-state index in [4.69, 9.17) is 9.47 Å². The number of amides is 2. The number of carbonyl (C=O) groups is 2. The summed E-state index contributed by atoms with van der Waals surface area (Å²) in [5, 5.41) is 5.50. The first kappa shape index (κ1) is 21.3. The molecule has 0 aliphatic heterocycles. The molecule has 150 valence electrons. The molecule has 0 aliphatic carbocycles. The molecule has 6 nitrogen and oxygen atoms in total. The second-order valence-electron chi connectivity index (χ2n) is 6.38. The average Bonchev–Trinajstić information content (AvgIpc) is 2.71. The molecule has 2 N–H and O–H groups in total. The quantitative estimate of drug-likeness (QED) is 0.540. The van der Waals surface area contributed by atoms with Crippen molar-refractivity contribution in [2.45, 2.75) is 38.5 Å². The van der Waals surface area contributed by atoms with Gasteiger partial charge < -0.3 is 20.1 Å². The number of hydrogen-bond acceptors (Lipinski definition) is 4. The van der Waals surface area contributed by atoms with Crippen LogP contribution in [-0.2, 0) is 0 Å². The van der Waals surface area contributed by atoms with Gasteiger partial charge in [0.15, 0.2) is 0 Å². The summed E-state index contributed by atoms with van der Waals surface area (Å²) in [5.74, 6) is 1.09. The molecule has 0 radical (unpaired) electrons. The predicted octanol–water partition coefficient (Wildman–Crippen LogP) is 4.90. The minimum Gasteiger partial charge on any atom is -0.410 e. The molecule has 2 rings (SSSR count). The van der Waals surface area contributed by atoms with Crippen LogP contribution < -0.4 is 20.1 Å². The van der Waals surface area contributed by atoms with Gasteiger partial charge in [0.05, 0.1) is 0 Å². The number of rotatable bonds is 11. The third-order valence-electron chi connectivity index (χ3n) is 4.05. The van der Waals surface area contributed by atoms with Crippen molar-refractivity contribution in [3.8, 4) is 11.5 Å². The molecule has 0 atom stereocenters. The Labute approximate surface area is 166 Å². The first-order valence-electron chi connectivity index (χ1n) is 9.75. The van der Waals surface area contributed by atoms with Gasteiger partial charge in [-0.25, -0.2) is 9.59 Å². The zero-order chi connectivity index (χ0) is 19.9. The number of hydrogen-bond donors (Lipinski definition) is 2. The fraction of sp³-hybridized carbons (Fsp3) is 0.364. The molecule has 28 heavy (non-hydrogen) atoms.